The smallest absolute Gasteiger partial charge is 0.326 e. The largest absolute Gasteiger partial charge is 0.481 e. The fraction of sp³-hybridized carbons (Fsp3) is 0.821. The van der Waals surface area contributed by atoms with Crippen LogP contribution < -0.4 is 26.6 Å². The number of rotatable bonds is 55. The molecular formula is C56H99N5O17. The highest BCUT2D eigenvalue weighted by Gasteiger charge is 2.30. The highest BCUT2D eigenvalue weighted by atomic mass is 16.5. The zero-order chi connectivity index (χ0) is 58.4. The average molecular weight is 1110 g/mol. The number of ether oxygens (including phenoxy) is 4. The van der Waals surface area contributed by atoms with Gasteiger partial charge in [-0.1, -0.05) is 105 Å². The molecule has 0 aromatic carbocycles. The van der Waals surface area contributed by atoms with Gasteiger partial charge in [-0.2, -0.15) is 0 Å². The minimum absolute atomic E-state index is 0.0147. The first-order valence-electron chi connectivity index (χ1n) is 28.7. The van der Waals surface area contributed by atoms with Crippen molar-refractivity contribution in [1.29, 1.82) is 0 Å². The van der Waals surface area contributed by atoms with Crippen LogP contribution in [0.4, 0.5) is 0 Å². The minimum atomic E-state index is -1.17. The molecule has 0 saturated carbocycles. The summed E-state index contributed by atoms with van der Waals surface area (Å²) in [6.45, 7) is 9.84. The van der Waals surface area contributed by atoms with Gasteiger partial charge in [0.1, 0.15) is 25.0 Å². The second-order valence-electron chi connectivity index (χ2n) is 20.6. The van der Waals surface area contributed by atoms with Gasteiger partial charge in [0.05, 0.1) is 51.2 Å². The maximum Gasteiger partial charge on any atom is 0.326 e. The minimum Gasteiger partial charge on any atom is -0.481 e. The number of carbonyl (C=O) groups excluding carboxylic acids is 7. The van der Waals surface area contributed by atoms with E-state index in [-0.39, 0.29) is 145 Å². The van der Waals surface area contributed by atoms with E-state index in [2.05, 4.69) is 26.6 Å². The molecule has 0 aliphatic rings. The van der Waals surface area contributed by atoms with Crippen molar-refractivity contribution < 1.29 is 82.2 Å². The van der Waals surface area contributed by atoms with Gasteiger partial charge in [0.15, 0.2) is 11.6 Å². The Morgan fingerprint density at radius 3 is 1.37 bits per heavy atom. The van der Waals surface area contributed by atoms with E-state index in [0.29, 0.717) is 38.6 Å². The molecule has 22 heteroatoms. The molecule has 0 saturated heterocycles. The summed E-state index contributed by atoms with van der Waals surface area (Å²) >= 11 is 0. The van der Waals surface area contributed by atoms with Crippen molar-refractivity contribution in [3.8, 4) is 0 Å². The van der Waals surface area contributed by atoms with Crippen LogP contribution in [-0.4, -0.2) is 164 Å². The number of ketones is 3. The zero-order valence-electron chi connectivity index (χ0n) is 47.8. The summed E-state index contributed by atoms with van der Waals surface area (Å²) in [5, 5.41) is 41.1. The van der Waals surface area contributed by atoms with Crippen molar-refractivity contribution in [1.82, 2.24) is 26.6 Å². The first-order valence-corrected chi connectivity index (χ1v) is 28.7. The van der Waals surface area contributed by atoms with Crippen LogP contribution in [-0.2, 0) is 66.9 Å². The fourth-order valence-corrected chi connectivity index (χ4v) is 8.25. The predicted molar refractivity (Wildman–Crippen MR) is 293 cm³/mol. The molecule has 0 unspecified atom stereocenters. The molecule has 22 nitrogen and oxygen atoms in total. The highest BCUT2D eigenvalue weighted by Crippen LogP contribution is 2.15. The van der Waals surface area contributed by atoms with Crippen LogP contribution in [0.5, 0.6) is 0 Å². The molecule has 0 heterocycles. The second-order valence-corrected chi connectivity index (χ2v) is 20.6. The Labute approximate surface area is 463 Å². The Morgan fingerprint density at radius 2 is 0.859 bits per heavy atom. The van der Waals surface area contributed by atoms with Gasteiger partial charge in [0, 0.05) is 63.6 Å². The summed E-state index contributed by atoms with van der Waals surface area (Å²) in [5.41, 5.74) is 0. The molecular weight excluding hydrogens is 1010 g/mol. The summed E-state index contributed by atoms with van der Waals surface area (Å²) in [5.74, 6) is -5.70. The third-order valence-electron chi connectivity index (χ3n) is 12.8. The van der Waals surface area contributed by atoms with E-state index >= 15 is 0 Å². The molecule has 0 aromatic heterocycles. The number of unbranched alkanes of at least 4 members (excludes halogenated alkanes) is 14. The maximum atomic E-state index is 13.4. The van der Waals surface area contributed by atoms with E-state index < -0.39 is 53.9 Å². The number of nitrogens with one attached hydrogen (secondary N) is 5. The summed E-state index contributed by atoms with van der Waals surface area (Å²) in [4.78, 5) is 121. The molecule has 4 amide bonds. The molecule has 0 bridgehead atoms. The number of carboxylic acid groups (broad SMARTS) is 3. The topological polar surface area (TPSA) is 328 Å². The number of amides is 4. The molecule has 4 atom stereocenters. The Morgan fingerprint density at radius 1 is 0.385 bits per heavy atom. The standard InChI is InChI=1S/C56H99N5O17/c1-41(2)53(70)43(5)59-46(55(72)61-45(29-30-52(68)69)54(71)42(3)4)24-20-21-31-57-49(64)39-78-38-36-76-34-32-58-50(65)40-77-37-35-75-33-22-23-44(62)27-28-47(56(73)74)60-48(63)25-18-16-14-12-10-8-6-7-9-11-13-15-17-19-26-51(66)67/h41-43,45-47,59H,6-40H2,1-5H3,(H,57,64)(H,58,65)(H,60,63)(H,61,72)(H,66,67)(H,68,69)(H,73,74)/t43-,45-,46+,47-/m0/s1. The van der Waals surface area contributed by atoms with Crippen LogP contribution in [0.25, 0.3) is 0 Å². The van der Waals surface area contributed by atoms with Gasteiger partial charge < -0.3 is 55.5 Å². The normalized spacial score (nSPS) is 12.9. The molecule has 78 heavy (non-hydrogen) atoms. The summed E-state index contributed by atoms with van der Waals surface area (Å²) in [6, 6.07) is -3.58. The zero-order valence-corrected chi connectivity index (χ0v) is 47.8. The van der Waals surface area contributed by atoms with E-state index in [1.807, 2.05) is 0 Å². The molecule has 0 aliphatic heterocycles. The number of carboxylic acids is 3. The molecule has 0 aromatic rings. The van der Waals surface area contributed by atoms with Crippen molar-refractivity contribution in [3.05, 3.63) is 0 Å². The number of Topliss-reactive ketones (excluding diaryl/α,β-unsaturated/α-hetero) is 3. The van der Waals surface area contributed by atoms with Crippen LogP contribution in [0.2, 0.25) is 0 Å². The van der Waals surface area contributed by atoms with Gasteiger partial charge >= 0.3 is 17.9 Å². The van der Waals surface area contributed by atoms with Crippen LogP contribution in [0, 0.1) is 11.8 Å². The Kier molecular flexibility index (Phi) is 45.0. The molecule has 0 rings (SSSR count). The first-order chi connectivity index (χ1) is 37.2. The average Bonchev–Trinajstić information content (AvgIpc) is 3.38. The summed E-state index contributed by atoms with van der Waals surface area (Å²) in [7, 11) is 0. The van der Waals surface area contributed by atoms with E-state index in [0.717, 1.165) is 44.9 Å². The highest BCUT2D eigenvalue weighted by molar-refractivity contribution is 5.93. The predicted octanol–water partition coefficient (Wildman–Crippen LogP) is 5.63. The van der Waals surface area contributed by atoms with Gasteiger partial charge in [0.2, 0.25) is 23.6 Å². The number of carbonyl (C=O) groups is 10. The summed E-state index contributed by atoms with van der Waals surface area (Å²) < 4.78 is 21.6. The number of hydrogen-bond donors (Lipinski definition) is 8. The van der Waals surface area contributed by atoms with Crippen LogP contribution in [0.15, 0.2) is 0 Å². The molecule has 0 spiro atoms. The van der Waals surface area contributed by atoms with Gasteiger partial charge in [0.25, 0.3) is 0 Å². The third kappa shape index (κ3) is 43.0. The van der Waals surface area contributed by atoms with E-state index in [1.165, 1.54) is 38.5 Å². The van der Waals surface area contributed by atoms with Gasteiger partial charge in [-0.05, 0) is 58.3 Å². The van der Waals surface area contributed by atoms with Crippen molar-refractivity contribution in [3.63, 3.8) is 0 Å². The van der Waals surface area contributed by atoms with E-state index in [1.54, 1.807) is 34.6 Å². The maximum absolute atomic E-state index is 13.4. The first kappa shape index (κ1) is 73.1. The Balaban J connectivity index is 4.02. The lowest BCUT2D eigenvalue weighted by Crippen LogP contribution is -2.54. The van der Waals surface area contributed by atoms with Crippen LogP contribution in [0.1, 0.15) is 195 Å². The Hall–Kier alpha value is -4.90. The van der Waals surface area contributed by atoms with Gasteiger partial charge in [-0.3, -0.25) is 48.5 Å². The molecule has 0 radical (unpaired) electrons. The van der Waals surface area contributed by atoms with Crippen molar-refractivity contribution in [2.45, 2.75) is 219 Å². The van der Waals surface area contributed by atoms with E-state index in [4.69, 9.17) is 29.2 Å². The second kappa shape index (κ2) is 48.0. The molecule has 8 N–H and O–H groups in total. The molecule has 450 valence electrons. The summed E-state index contributed by atoms with van der Waals surface area (Å²) in [6.07, 6.45) is 17.1. The fourth-order valence-electron chi connectivity index (χ4n) is 8.25. The third-order valence-corrected chi connectivity index (χ3v) is 12.8. The van der Waals surface area contributed by atoms with Gasteiger partial charge in [-0.15, -0.1) is 0 Å². The quantitative estimate of drug-likeness (QED) is 0.0342. The SMILES string of the molecule is CC(C)C(=O)[C@H](C)N[C@H](CCCCNC(=O)COCCOCCNC(=O)COCCOCCCC(=O)CC[C@H](NC(=O)CCCCCCCCCCCCCCCCC(=O)O)C(=O)O)C(=O)N[C@@H](CCC(=O)O)C(=O)C(C)C. The van der Waals surface area contributed by atoms with Crippen LogP contribution in [0.3, 0.4) is 0 Å². The van der Waals surface area contributed by atoms with Gasteiger partial charge in [-0.25, -0.2) is 4.79 Å². The number of hydrogen-bond acceptors (Lipinski definition) is 15. The van der Waals surface area contributed by atoms with E-state index in [9.17, 15) is 53.1 Å². The Bertz CT molecular complexity index is 1730. The van der Waals surface area contributed by atoms with Crippen molar-refractivity contribution >= 4 is 58.9 Å². The lowest BCUT2D eigenvalue weighted by molar-refractivity contribution is -0.142. The molecule has 0 fully saturated rings. The van der Waals surface area contributed by atoms with Crippen LogP contribution >= 0.6 is 0 Å². The lowest BCUT2D eigenvalue weighted by Gasteiger charge is -2.26. The lowest BCUT2D eigenvalue weighted by atomic mass is 9.96. The van der Waals surface area contributed by atoms with Crippen molar-refractivity contribution in [2.75, 3.05) is 65.9 Å². The van der Waals surface area contributed by atoms with Crippen molar-refractivity contribution in [2.24, 2.45) is 11.8 Å². The molecule has 0 aliphatic carbocycles. The number of aliphatic carboxylic acids is 3. The monoisotopic (exact) mass is 1110 g/mol.